The van der Waals surface area contributed by atoms with Crippen LogP contribution in [-0.4, -0.2) is 35.5 Å². The molecule has 4 aromatic carbocycles. The van der Waals surface area contributed by atoms with Gasteiger partial charge in [-0.25, -0.2) is 0 Å². The minimum Gasteiger partial charge on any atom is -0.507 e. The molecule has 222 valence electrons. The summed E-state index contributed by atoms with van der Waals surface area (Å²) in [6.07, 6.45) is 1.08. The van der Waals surface area contributed by atoms with Crippen LogP contribution in [0.4, 0.5) is 0 Å². The third-order valence-electron chi connectivity index (χ3n) is 8.03. The first-order valence-corrected chi connectivity index (χ1v) is 14.1. The Bertz CT molecular complexity index is 1950. The van der Waals surface area contributed by atoms with Gasteiger partial charge in [0.2, 0.25) is 0 Å². The van der Waals surface area contributed by atoms with Gasteiger partial charge in [-0.2, -0.15) is 0 Å². The number of ketones is 3. The maximum Gasteiger partial charge on any atom is 0.259 e. The molecule has 0 radical (unpaired) electrons. The molecule has 0 bridgehead atoms. The molecule has 0 spiro atoms. The van der Waals surface area contributed by atoms with Crippen molar-refractivity contribution >= 4 is 45.6 Å². The van der Waals surface area contributed by atoms with E-state index in [1.165, 1.54) is 20.1 Å². The zero-order valence-corrected chi connectivity index (χ0v) is 24.7. The fraction of sp³-hybridized carbons (Fsp3) is 0.176. The number of carbonyl (C=O) groups excluding carboxylic acids is 4. The van der Waals surface area contributed by atoms with E-state index in [4.69, 9.17) is 25.8 Å². The summed E-state index contributed by atoms with van der Waals surface area (Å²) in [7, 11) is 1.33. The van der Waals surface area contributed by atoms with Crippen molar-refractivity contribution in [3.8, 4) is 28.7 Å². The molecule has 2 N–H and O–H groups in total. The number of Topliss-reactive ketones (excluding diaryl/α,β-unsaturated/α-hetero) is 2. The fourth-order valence-corrected chi connectivity index (χ4v) is 6.03. The predicted octanol–water partition coefficient (Wildman–Crippen LogP) is 5.82. The lowest BCUT2D eigenvalue weighted by Crippen LogP contribution is -2.47. The first-order chi connectivity index (χ1) is 21.0. The number of carbonyl (C=O) groups is 4. The number of aromatic hydroxyl groups is 1. The Labute approximate surface area is 257 Å². The number of benzene rings is 4. The van der Waals surface area contributed by atoms with Gasteiger partial charge in [-0.05, 0) is 49.1 Å². The number of allylic oxidation sites excluding steroid dienone is 2. The molecule has 1 aliphatic heterocycles. The van der Waals surface area contributed by atoms with Crippen LogP contribution in [0.3, 0.4) is 0 Å². The number of ether oxygens (including phenoxy) is 3. The third-order valence-corrected chi connectivity index (χ3v) is 8.27. The van der Waals surface area contributed by atoms with Crippen LogP contribution in [0.1, 0.15) is 35.3 Å². The second-order valence-electron chi connectivity index (χ2n) is 10.7. The number of rotatable bonds is 7. The van der Waals surface area contributed by atoms with Crippen LogP contribution in [0.15, 0.2) is 78.6 Å². The summed E-state index contributed by atoms with van der Waals surface area (Å²) in [6.45, 7) is 2.72. The molecule has 0 saturated heterocycles. The molecule has 6 rings (SSSR count). The van der Waals surface area contributed by atoms with Crippen molar-refractivity contribution in [1.82, 2.24) is 5.32 Å². The average molecular weight is 612 g/mol. The smallest absolute Gasteiger partial charge is 0.259 e. The monoisotopic (exact) mass is 611 g/mol. The van der Waals surface area contributed by atoms with E-state index in [0.29, 0.717) is 16.5 Å². The van der Waals surface area contributed by atoms with E-state index >= 15 is 0 Å². The molecule has 1 unspecified atom stereocenters. The SMILES string of the molecule is COc1cc(O)c2c(c1C(=O)NCc1ccc(Oc3cccc(Cl)c3)c3ccccc13)OC1=CC(=O)C(C(C)=O)C(=O)[C@]12C. The fourth-order valence-electron chi connectivity index (χ4n) is 5.85. The Morgan fingerprint density at radius 1 is 1.02 bits per heavy atom. The van der Waals surface area contributed by atoms with Crippen LogP contribution in [0.2, 0.25) is 5.02 Å². The summed E-state index contributed by atoms with van der Waals surface area (Å²) in [5, 5.41) is 16.1. The van der Waals surface area contributed by atoms with Gasteiger partial charge in [-0.15, -0.1) is 0 Å². The largest absolute Gasteiger partial charge is 0.507 e. The summed E-state index contributed by atoms with van der Waals surface area (Å²) in [6, 6.07) is 19.5. The summed E-state index contributed by atoms with van der Waals surface area (Å²) in [5.41, 5.74) is -0.941. The highest BCUT2D eigenvalue weighted by atomic mass is 35.5. The normalized spacial score (nSPS) is 18.6. The van der Waals surface area contributed by atoms with Gasteiger partial charge in [0.1, 0.15) is 51.4 Å². The van der Waals surface area contributed by atoms with Crippen LogP contribution in [-0.2, 0) is 26.3 Å². The van der Waals surface area contributed by atoms with E-state index in [2.05, 4.69) is 5.32 Å². The highest BCUT2D eigenvalue weighted by molar-refractivity contribution is 6.30. The summed E-state index contributed by atoms with van der Waals surface area (Å²) in [5.74, 6) is -3.57. The first kappa shape index (κ1) is 28.9. The second-order valence-corrected chi connectivity index (χ2v) is 11.2. The van der Waals surface area contributed by atoms with Crippen LogP contribution in [0, 0.1) is 5.92 Å². The van der Waals surface area contributed by atoms with Gasteiger partial charge < -0.3 is 24.6 Å². The van der Waals surface area contributed by atoms with Gasteiger partial charge in [0, 0.05) is 29.1 Å². The summed E-state index contributed by atoms with van der Waals surface area (Å²) in [4.78, 5) is 52.1. The molecule has 0 saturated carbocycles. The number of phenolic OH excluding ortho intramolecular Hbond substituents is 1. The van der Waals surface area contributed by atoms with Crippen molar-refractivity contribution in [2.75, 3.05) is 7.11 Å². The highest BCUT2D eigenvalue weighted by Gasteiger charge is 2.58. The zero-order chi connectivity index (χ0) is 31.3. The Balaban J connectivity index is 1.35. The molecule has 4 aromatic rings. The number of methoxy groups -OCH3 is 1. The van der Waals surface area contributed by atoms with Crippen LogP contribution < -0.4 is 19.5 Å². The van der Waals surface area contributed by atoms with Gasteiger partial charge in [-0.3, -0.25) is 19.2 Å². The van der Waals surface area contributed by atoms with Crippen LogP contribution >= 0.6 is 11.6 Å². The van der Waals surface area contributed by atoms with E-state index in [0.717, 1.165) is 29.3 Å². The lowest BCUT2D eigenvalue weighted by Gasteiger charge is -2.30. The Kier molecular flexibility index (Phi) is 7.13. The molecular formula is C34H26ClNO8. The standard InChI is InChI=1S/C34H26ClNO8/c1-17(37)28-23(38)15-27-34(2,32(28)40)30-24(39)14-26(42-3)29(31(30)44-27)33(41)36-16-18-11-12-25(22-10-5-4-9-21(18)22)43-20-8-6-7-19(35)13-20/h4-15,28,39H,16H2,1-3H3,(H,36,41)/t28?,34-/m1/s1. The molecule has 44 heavy (non-hydrogen) atoms. The molecule has 1 aliphatic carbocycles. The number of nitrogens with one attached hydrogen (secondary N) is 1. The van der Waals surface area contributed by atoms with E-state index in [-0.39, 0.29) is 40.7 Å². The minimum absolute atomic E-state index is 0.00128. The molecular weight excluding hydrogens is 586 g/mol. The molecule has 0 aromatic heterocycles. The second kappa shape index (κ2) is 10.8. The Morgan fingerprint density at radius 2 is 1.77 bits per heavy atom. The Hall–Kier alpha value is -5.15. The van der Waals surface area contributed by atoms with E-state index in [1.54, 1.807) is 30.3 Å². The van der Waals surface area contributed by atoms with Gasteiger partial charge >= 0.3 is 0 Å². The first-order valence-electron chi connectivity index (χ1n) is 13.7. The van der Waals surface area contributed by atoms with Crippen molar-refractivity contribution in [3.05, 3.63) is 100 Å². The lowest BCUT2D eigenvalue weighted by molar-refractivity contribution is -0.140. The maximum atomic E-state index is 13.8. The molecule has 1 amide bonds. The summed E-state index contributed by atoms with van der Waals surface area (Å²) >= 11 is 6.12. The van der Waals surface area contributed by atoms with Crippen LogP contribution in [0.5, 0.6) is 28.7 Å². The molecule has 2 atom stereocenters. The van der Waals surface area contributed by atoms with Crippen molar-refractivity contribution in [3.63, 3.8) is 0 Å². The van der Waals surface area contributed by atoms with Crippen molar-refractivity contribution in [1.29, 1.82) is 0 Å². The number of hydrogen-bond donors (Lipinski definition) is 2. The molecule has 1 heterocycles. The third kappa shape index (κ3) is 4.57. The number of amides is 1. The highest BCUT2D eigenvalue weighted by Crippen LogP contribution is 2.56. The van der Waals surface area contributed by atoms with E-state index < -0.39 is 34.6 Å². The number of fused-ring (bicyclic) bond motifs is 4. The Morgan fingerprint density at radius 3 is 2.48 bits per heavy atom. The zero-order valence-electron chi connectivity index (χ0n) is 23.9. The topological polar surface area (TPSA) is 128 Å². The van der Waals surface area contributed by atoms with E-state index in [9.17, 15) is 24.3 Å². The summed E-state index contributed by atoms with van der Waals surface area (Å²) < 4.78 is 17.5. The molecule has 9 nitrogen and oxygen atoms in total. The van der Waals surface area contributed by atoms with Gasteiger partial charge in [0.25, 0.3) is 5.91 Å². The molecule has 2 aliphatic rings. The van der Waals surface area contributed by atoms with Gasteiger partial charge in [-0.1, -0.05) is 48.0 Å². The minimum atomic E-state index is -1.65. The lowest BCUT2D eigenvalue weighted by atomic mass is 9.67. The molecule has 0 fully saturated rings. The van der Waals surface area contributed by atoms with Gasteiger partial charge in [0.05, 0.1) is 12.7 Å². The van der Waals surface area contributed by atoms with Crippen LogP contribution in [0.25, 0.3) is 10.8 Å². The number of phenols is 1. The number of halogens is 1. The van der Waals surface area contributed by atoms with Gasteiger partial charge in [0.15, 0.2) is 17.3 Å². The number of hydrogen-bond acceptors (Lipinski definition) is 8. The van der Waals surface area contributed by atoms with Crippen molar-refractivity contribution in [2.45, 2.75) is 25.8 Å². The van der Waals surface area contributed by atoms with Crippen molar-refractivity contribution < 1.29 is 38.5 Å². The average Bonchev–Trinajstić information content (AvgIpc) is 3.29. The molecule has 10 heteroatoms. The van der Waals surface area contributed by atoms with Crippen molar-refractivity contribution in [2.24, 2.45) is 5.92 Å². The van der Waals surface area contributed by atoms with E-state index in [1.807, 2.05) is 30.3 Å². The predicted molar refractivity (Wildman–Crippen MR) is 162 cm³/mol. The quantitative estimate of drug-likeness (QED) is 0.250. The maximum absolute atomic E-state index is 13.8.